The van der Waals surface area contributed by atoms with Gasteiger partial charge in [-0.05, 0) is 22.6 Å². The molecule has 0 atom stereocenters. The molecule has 0 spiro atoms. The molecule has 23 heavy (non-hydrogen) atoms. The number of hydrogen-bond donors (Lipinski definition) is 0. The van der Waals surface area contributed by atoms with E-state index >= 15 is 0 Å². The van der Waals surface area contributed by atoms with Crippen molar-refractivity contribution >= 4 is 28.3 Å². The van der Waals surface area contributed by atoms with Crippen LogP contribution in [0.3, 0.4) is 0 Å². The molecule has 10 heteroatoms. The first-order valence-electron chi connectivity index (χ1n) is 5.74. The Morgan fingerprint density at radius 2 is 1.65 bits per heavy atom. The molecule has 2 rings (SSSR count). The predicted molar refractivity (Wildman–Crippen MR) is 77.6 cm³/mol. The van der Waals surface area contributed by atoms with Gasteiger partial charge in [-0.25, -0.2) is 22.0 Å². The van der Waals surface area contributed by atoms with Gasteiger partial charge < -0.3 is 4.74 Å². The van der Waals surface area contributed by atoms with Gasteiger partial charge in [0.05, 0.1) is 21.2 Å². The second-order valence-corrected chi connectivity index (χ2v) is 5.28. The summed E-state index contributed by atoms with van der Waals surface area (Å²) in [5.41, 5.74) is -2.96. The van der Waals surface area contributed by atoms with Crippen molar-refractivity contribution in [3.63, 3.8) is 0 Å². The summed E-state index contributed by atoms with van der Waals surface area (Å²) in [7, 11) is 1.03. The van der Waals surface area contributed by atoms with Gasteiger partial charge in [-0.1, -0.05) is 0 Å². The van der Waals surface area contributed by atoms with Gasteiger partial charge in [-0.3, -0.25) is 10.1 Å². The topological polar surface area (TPSA) is 52.4 Å². The van der Waals surface area contributed by atoms with Crippen molar-refractivity contribution in [3.8, 4) is 16.9 Å². The van der Waals surface area contributed by atoms with E-state index in [1.807, 2.05) is 0 Å². The van der Waals surface area contributed by atoms with Gasteiger partial charge in [0.1, 0.15) is 5.82 Å². The predicted octanol–water partition coefficient (Wildman–Crippen LogP) is 4.57. The molecule has 2 aromatic carbocycles. The van der Waals surface area contributed by atoms with Gasteiger partial charge in [-0.15, -0.1) is 0 Å². The van der Waals surface area contributed by atoms with Crippen molar-refractivity contribution in [1.82, 2.24) is 0 Å². The number of methoxy groups -OCH3 is 1. The molecule has 0 aromatic heterocycles. The van der Waals surface area contributed by atoms with E-state index in [0.29, 0.717) is 12.1 Å². The summed E-state index contributed by atoms with van der Waals surface area (Å²) in [6, 6.07) is 1.02. The number of rotatable bonds is 3. The minimum Gasteiger partial charge on any atom is -0.490 e. The summed E-state index contributed by atoms with van der Waals surface area (Å²) in [4.78, 5) is 9.94. The molecule has 4 nitrogen and oxygen atoms in total. The van der Waals surface area contributed by atoms with Crippen molar-refractivity contribution in [2.24, 2.45) is 0 Å². The zero-order valence-corrected chi connectivity index (χ0v) is 13.3. The molecule has 0 saturated heterocycles. The first-order valence-corrected chi connectivity index (χ1v) is 6.82. The fourth-order valence-electron chi connectivity index (χ4n) is 1.88. The van der Waals surface area contributed by atoms with Crippen molar-refractivity contribution in [3.05, 3.63) is 54.9 Å². The van der Waals surface area contributed by atoms with Crippen LogP contribution in [0.15, 0.2) is 12.1 Å². The van der Waals surface area contributed by atoms with Crippen LogP contribution in [0.1, 0.15) is 0 Å². The van der Waals surface area contributed by atoms with Gasteiger partial charge in [0.2, 0.25) is 0 Å². The van der Waals surface area contributed by atoms with E-state index in [2.05, 4.69) is 4.74 Å². The lowest BCUT2D eigenvalue weighted by Gasteiger charge is -2.11. The highest BCUT2D eigenvalue weighted by Crippen LogP contribution is 2.39. The van der Waals surface area contributed by atoms with Crippen molar-refractivity contribution in [2.45, 2.75) is 0 Å². The zero-order valence-electron chi connectivity index (χ0n) is 11.1. The van der Waals surface area contributed by atoms with Crippen LogP contribution >= 0.6 is 22.6 Å². The second kappa shape index (κ2) is 6.26. The van der Waals surface area contributed by atoms with Crippen LogP contribution in [0, 0.1) is 42.8 Å². The normalized spacial score (nSPS) is 10.7. The number of hydrogen-bond acceptors (Lipinski definition) is 3. The minimum atomic E-state index is -2.01. The quantitative estimate of drug-likeness (QED) is 0.174. The number of nitro groups is 1. The first kappa shape index (κ1) is 17.4. The molecule has 0 aliphatic heterocycles. The number of halogens is 6. The molecule has 122 valence electrons. The van der Waals surface area contributed by atoms with Gasteiger partial charge in [0.25, 0.3) is 0 Å². The summed E-state index contributed by atoms with van der Waals surface area (Å²) in [6.45, 7) is 0. The second-order valence-electron chi connectivity index (χ2n) is 4.21. The SMILES string of the molecule is COc1cc(F)c(-c2c(F)c(F)c(F)c(I)c2F)cc1[N+](=O)[O-]. The van der Waals surface area contributed by atoms with E-state index < -0.39 is 60.1 Å². The molecule has 0 saturated carbocycles. The lowest BCUT2D eigenvalue weighted by atomic mass is 10.0. The van der Waals surface area contributed by atoms with Crippen LogP contribution in [0.25, 0.3) is 11.1 Å². The van der Waals surface area contributed by atoms with E-state index in [-0.39, 0.29) is 0 Å². The third-order valence-corrected chi connectivity index (χ3v) is 3.89. The largest absolute Gasteiger partial charge is 0.490 e. The Bertz CT molecular complexity index is 799. The van der Waals surface area contributed by atoms with E-state index in [1.54, 1.807) is 0 Å². The molecule has 0 aliphatic rings. The summed E-state index contributed by atoms with van der Waals surface area (Å²) in [5, 5.41) is 10.9. The van der Waals surface area contributed by atoms with Gasteiger partial charge in [0.15, 0.2) is 29.0 Å². The van der Waals surface area contributed by atoms with Crippen LogP contribution in [0.2, 0.25) is 0 Å². The first-order chi connectivity index (χ1) is 10.7. The highest BCUT2D eigenvalue weighted by atomic mass is 127. The van der Waals surface area contributed by atoms with E-state index in [9.17, 15) is 32.1 Å². The fraction of sp³-hybridized carbons (Fsp3) is 0.0769. The lowest BCUT2D eigenvalue weighted by Crippen LogP contribution is -2.05. The highest BCUT2D eigenvalue weighted by Gasteiger charge is 2.29. The van der Waals surface area contributed by atoms with Gasteiger partial charge in [0, 0.05) is 17.7 Å². The number of nitrogens with zero attached hydrogens (tertiary/aromatic N) is 1. The third kappa shape index (κ3) is 2.82. The van der Waals surface area contributed by atoms with Crippen LogP contribution in [-0.4, -0.2) is 12.0 Å². The molecule has 0 aliphatic carbocycles. The van der Waals surface area contributed by atoms with Crippen molar-refractivity contribution in [1.29, 1.82) is 0 Å². The lowest BCUT2D eigenvalue weighted by molar-refractivity contribution is -0.385. The number of benzene rings is 2. The molecule has 2 aromatic rings. The molecule has 0 N–H and O–H groups in total. The number of nitro benzene ring substituents is 1. The number of ether oxygens (including phenoxy) is 1. The molecular formula is C13H5F5INO3. The third-order valence-electron chi connectivity index (χ3n) is 2.94. The summed E-state index contributed by atoms with van der Waals surface area (Å²) >= 11 is 1.07. The summed E-state index contributed by atoms with van der Waals surface area (Å²) in [5.74, 6) is -9.13. The molecule has 0 fully saturated rings. The average Bonchev–Trinajstić information content (AvgIpc) is 2.51. The average molecular weight is 445 g/mol. The Morgan fingerprint density at radius 1 is 1.04 bits per heavy atom. The highest BCUT2D eigenvalue weighted by molar-refractivity contribution is 14.1. The minimum absolute atomic E-state index is 0.489. The van der Waals surface area contributed by atoms with Crippen LogP contribution in [0.4, 0.5) is 27.6 Å². The fourth-order valence-corrected chi connectivity index (χ4v) is 2.39. The monoisotopic (exact) mass is 445 g/mol. The Labute approximate surface area is 139 Å². The standard InChI is InChI=1S/C13H5F5INO3/c1-23-7-3-5(14)4(2-6(7)20(21)22)8-9(15)11(17)12(18)13(19)10(8)16/h2-3H,1H3. The van der Waals surface area contributed by atoms with E-state index in [0.717, 1.165) is 29.7 Å². The molecule has 0 amide bonds. The van der Waals surface area contributed by atoms with Crippen LogP contribution in [0.5, 0.6) is 5.75 Å². The van der Waals surface area contributed by atoms with Crippen molar-refractivity contribution in [2.75, 3.05) is 7.11 Å². The maximum Gasteiger partial charge on any atom is 0.311 e. The van der Waals surface area contributed by atoms with E-state index in [1.165, 1.54) is 0 Å². The molecule has 0 bridgehead atoms. The zero-order chi connectivity index (χ0) is 17.5. The molecular weight excluding hydrogens is 440 g/mol. The van der Waals surface area contributed by atoms with Gasteiger partial charge in [-0.2, -0.15) is 0 Å². The maximum atomic E-state index is 14.1. The molecule has 0 radical (unpaired) electrons. The van der Waals surface area contributed by atoms with Crippen molar-refractivity contribution < 1.29 is 31.6 Å². The van der Waals surface area contributed by atoms with Crippen LogP contribution in [-0.2, 0) is 0 Å². The van der Waals surface area contributed by atoms with Gasteiger partial charge >= 0.3 is 5.69 Å². The molecule has 0 unspecified atom stereocenters. The Hall–Kier alpha value is -1.98. The smallest absolute Gasteiger partial charge is 0.311 e. The maximum absolute atomic E-state index is 14.1. The Balaban J connectivity index is 2.88. The molecule has 0 heterocycles. The van der Waals surface area contributed by atoms with Crippen LogP contribution < -0.4 is 4.74 Å². The van der Waals surface area contributed by atoms with E-state index in [4.69, 9.17) is 0 Å². The Kier molecular flexibility index (Phi) is 4.73. The Morgan fingerprint density at radius 3 is 2.17 bits per heavy atom. The summed E-state index contributed by atoms with van der Waals surface area (Å²) < 4.78 is 72.4. The summed E-state index contributed by atoms with van der Waals surface area (Å²) in [6.07, 6.45) is 0.